The quantitative estimate of drug-likeness (QED) is 0.796. The monoisotopic (exact) mass is 216 g/mol. The lowest BCUT2D eigenvalue weighted by atomic mass is 9.90. The molecule has 2 aromatic rings. The van der Waals surface area contributed by atoms with E-state index in [-0.39, 0.29) is 11.2 Å². The molecule has 1 aromatic heterocycles. The third kappa shape index (κ3) is 1.94. The van der Waals surface area contributed by atoms with Crippen molar-refractivity contribution in [3.63, 3.8) is 0 Å². The number of aromatic nitrogens is 2. The summed E-state index contributed by atoms with van der Waals surface area (Å²) < 4.78 is 1.70. The second-order valence-electron chi connectivity index (χ2n) is 4.91. The van der Waals surface area contributed by atoms with Gasteiger partial charge in [-0.3, -0.25) is 0 Å². The summed E-state index contributed by atoms with van der Waals surface area (Å²) in [6.45, 7) is 6.41. The molecule has 16 heavy (non-hydrogen) atoms. The Morgan fingerprint density at radius 1 is 1.19 bits per heavy atom. The van der Waals surface area contributed by atoms with Crippen LogP contribution in [0.25, 0.3) is 5.69 Å². The van der Waals surface area contributed by atoms with Gasteiger partial charge in [0.2, 0.25) is 0 Å². The number of benzene rings is 1. The maximum atomic E-state index is 9.72. The molecule has 0 atom stereocenters. The summed E-state index contributed by atoms with van der Waals surface area (Å²) in [6, 6.07) is 7.18. The highest BCUT2D eigenvalue weighted by molar-refractivity contribution is 5.45. The smallest absolute Gasteiger partial charge is 0.141 e. The maximum Gasteiger partial charge on any atom is 0.141 e. The average molecular weight is 216 g/mol. The van der Waals surface area contributed by atoms with Gasteiger partial charge in [0, 0.05) is 6.20 Å². The Bertz CT molecular complexity index is 495. The van der Waals surface area contributed by atoms with Crippen LogP contribution in [-0.4, -0.2) is 14.9 Å². The van der Waals surface area contributed by atoms with Crippen LogP contribution in [0.4, 0.5) is 0 Å². The highest BCUT2D eigenvalue weighted by Crippen LogP contribution is 2.25. The Morgan fingerprint density at radius 3 is 2.44 bits per heavy atom. The summed E-state index contributed by atoms with van der Waals surface area (Å²) in [6.07, 6.45) is 3.79. The molecular weight excluding hydrogens is 200 g/mol. The van der Waals surface area contributed by atoms with Crippen LogP contribution in [0, 0.1) is 0 Å². The molecule has 1 N–H and O–H groups in total. The first-order valence-electron chi connectivity index (χ1n) is 5.32. The molecule has 3 heteroatoms. The normalized spacial score (nSPS) is 11.7. The molecule has 0 saturated carbocycles. The summed E-state index contributed by atoms with van der Waals surface area (Å²) in [7, 11) is 0. The van der Waals surface area contributed by atoms with Crippen molar-refractivity contribution in [3.05, 3.63) is 42.2 Å². The van der Waals surface area contributed by atoms with Crippen molar-refractivity contribution in [1.29, 1.82) is 0 Å². The molecule has 1 heterocycles. The van der Waals surface area contributed by atoms with Crippen molar-refractivity contribution < 1.29 is 5.11 Å². The van der Waals surface area contributed by atoms with Gasteiger partial charge in [-0.15, -0.1) is 0 Å². The summed E-state index contributed by atoms with van der Waals surface area (Å²) in [4.78, 5) is 0. The van der Waals surface area contributed by atoms with E-state index in [0.717, 1.165) is 5.56 Å². The Morgan fingerprint density at radius 2 is 1.88 bits per heavy atom. The van der Waals surface area contributed by atoms with E-state index in [1.807, 2.05) is 24.5 Å². The number of nitrogens with zero attached hydrogens (tertiary/aromatic N) is 2. The van der Waals surface area contributed by atoms with Gasteiger partial charge >= 0.3 is 0 Å². The molecule has 0 unspecified atom stereocenters. The number of hydrogen-bond acceptors (Lipinski definition) is 2. The molecule has 0 spiro atoms. The van der Waals surface area contributed by atoms with Crippen LogP contribution in [0.15, 0.2) is 36.7 Å². The summed E-state index contributed by atoms with van der Waals surface area (Å²) >= 11 is 0. The first kappa shape index (κ1) is 10.7. The Balaban J connectivity index is 2.44. The third-order valence-electron chi connectivity index (χ3n) is 2.58. The van der Waals surface area contributed by atoms with E-state index in [1.54, 1.807) is 16.8 Å². The summed E-state index contributed by atoms with van der Waals surface area (Å²) in [5.41, 5.74) is 1.93. The average Bonchev–Trinajstić information content (AvgIpc) is 2.66. The van der Waals surface area contributed by atoms with Crippen LogP contribution in [0.2, 0.25) is 0 Å². The number of rotatable bonds is 1. The number of para-hydroxylation sites is 2. The van der Waals surface area contributed by atoms with E-state index in [0.29, 0.717) is 5.69 Å². The largest absolute Gasteiger partial charge is 0.506 e. The minimum Gasteiger partial charge on any atom is -0.506 e. The molecule has 3 nitrogen and oxygen atoms in total. The first-order chi connectivity index (χ1) is 7.48. The Kier molecular flexibility index (Phi) is 2.46. The minimum atomic E-state index is 0.0721. The van der Waals surface area contributed by atoms with E-state index >= 15 is 0 Å². The zero-order valence-electron chi connectivity index (χ0n) is 9.81. The lowest BCUT2D eigenvalue weighted by Crippen LogP contribution is -2.09. The van der Waals surface area contributed by atoms with Crippen LogP contribution in [0.5, 0.6) is 5.75 Å². The zero-order chi connectivity index (χ0) is 11.8. The minimum absolute atomic E-state index is 0.0721. The molecule has 0 aliphatic heterocycles. The number of hydrogen-bond donors (Lipinski definition) is 1. The van der Waals surface area contributed by atoms with Gasteiger partial charge in [0.1, 0.15) is 11.4 Å². The second kappa shape index (κ2) is 3.67. The maximum absolute atomic E-state index is 9.72. The van der Waals surface area contributed by atoms with Crippen LogP contribution in [0.1, 0.15) is 26.3 Å². The van der Waals surface area contributed by atoms with Gasteiger partial charge in [0.15, 0.2) is 0 Å². The predicted molar refractivity (Wildman–Crippen MR) is 63.9 cm³/mol. The molecule has 84 valence electrons. The van der Waals surface area contributed by atoms with E-state index in [9.17, 15) is 5.11 Å². The standard InChI is InChI=1S/C13H16N2O/c1-13(2,3)10-8-14-15(9-10)11-6-4-5-7-12(11)16/h4-9,16H,1-3H3. The molecule has 0 aliphatic carbocycles. The first-order valence-corrected chi connectivity index (χ1v) is 5.32. The number of aromatic hydroxyl groups is 1. The molecule has 0 radical (unpaired) electrons. The number of phenolic OH excluding ortho intramolecular Hbond substituents is 1. The van der Waals surface area contributed by atoms with Gasteiger partial charge < -0.3 is 5.11 Å². The van der Waals surface area contributed by atoms with Gasteiger partial charge in [-0.25, -0.2) is 4.68 Å². The molecule has 2 rings (SSSR count). The van der Waals surface area contributed by atoms with Gasteiger partial charge in [0.25, 0.3) is 0 Å². The summed E-state index contributed by atoms with van der Waals surface area (Å²) in [5.74, 6) is 0.242. The van der Waals surface area contributed by atoms with Crippen molar-refractivity contribution in [2.45, 2.75) is 26.2 Å². The van der Waals surface area contributed by atoms with E-state index in [4.69, 9.17) is 0 Å². The van der Waals surface area contributed by atoms with Gasteiger partial charge in [-0.05, 0) is 23.1 Å². The number of phenols is 1. The Labute approximate surface area is 95.3 Å². The third-order valence-corrected chi connectivity index (χ3v) is 2.58. The Hall–Kier alpha value is -1.77. The van der Waals surface area contributed by atoms with Crippen molar-refractivity contribution in [1.82, 2.24) is 9.78 Å². The lowest BCUT2D eigenvalue weighted by molar-refractivity contribution is 0.470. The van der Waals surface area contributed by atoms with Crippen LogP contribution >= 0.6 is 0 Å². The van der Waals surface area contributed by atoms with Crippen molar-refractivity contribution in [2.75, 3.05) is 0 Å². The van der Waals surface area contributed by atoms with Crippen molar-refractivity contribution in [2.24, 2.45) is 0 Å². The lowest BCUT2D eigenvalue weighted by Gasteiger charge is -2.15. The fourth-order valence-electron chi connectivity index (χ4n) is 1.50. The van der Waals surface area contributed by atoms with Crippen molar-refractivity contribution in [3.8, 4) is 11.4 Å². The molecular formula is C13H16N2O. The van der Waals surface area contributed by atoms with Gasteiger partial charge in [-0.2, -0.15) is 5.10 Å². The molecule has 0 saturated heterocycles. The van der Waals surface area contributed by atoms with Crippen LogP contribution in [-0.2, 0) is 5.41 Å². The van der Waals surface area contributed by atoms with Crippen LogP contribution < -0.4 is 0 Å². The van der Waals surface area contributed by atoms with E-state index < -0.39 is 0 Å². The fourth-order valence-corrected chi connectivity index (χ4v) is 1.50. The molecule has 1 aromatic carbocycles. The molecule has 0 amide bonds. The van der Waals surface area contributed by atoms with E-state index in [2.05, 4.69) is 25.9 Å². The van der Waals surface area contributed by atoms with Crippen LogP contribution in [0.3, 0.4) is 0 Å². The predicted octanol–water partition coefficient (Wildman–Crippen LogP) is 2.88. The SMILES string of the molecule is CC(C)(C)c1cnn(-c2ccccc2O)c1. The highest BCUT2D eigenvalue weighted by Gasteiger charge is 2.16. The summed E-state index contributed by atoms with van der Waals surface area (Å²) in [5, 5.41) is 14.0. The van der Waals surface area contributed by atoms with Gasteiger partial charge in [0.05, 0.1) is 6.20 Å². The zero-order valence-corrected chi connectivity index (χ0v) is 9.81. The highest BCUT2D eigenvalue weighted by atomic mass is 16.3. The molecule has 0 aliphatic rings. The van der Waals surface area contributed by atoms with Gasteiger partial charge in [-0.1, -0.05) is 32.9 Å². The molecule has 0 fully saturated rings. The molecule has 0 bridgehead atoms. The second-order valence-corrected chi connectivity index (χ2v) is 4.91. The van der Waals surface area contributed by atoms with Crippen molar-refractivity contribution >= 4 is 0 Å². The fraction of sp³-hybridized carbons (Fsp3) is 0.308. The topological polar surface area (TPSA) is 38.0 Å². The van der Waals surface area contributed by atoms with E-state index in [1.165, 1.54) is 0 Å².